The first-order valence-electron chi connectivity index (χ1n) is 25.2. The minimum absolute atomic E-state index is 0.109. The van der Waals surface area contributed by atoms with Crippen LogP contribution in [0.1, 0.15) is 226 Å². The van der Waals surface area contributed by atoms with Gasteiger partial charge in [0.05, 0.1) is 0 Å². The van der Waals surface area contributed by atoms with E-state index in [2.05, 4.69) is 51.2 Å². The molecule has 348 valence electrons. The fraction of sp³-hybridized carbons (Fsp3) is 0.691. The van der Waals surface area contributed by atoms with E-state index in [9.17, 15) is 14.4 Å². The van der Waals surface area contributed by atoms with Crippen LogP contribution in [-0.4, -0.2) is 37.2 Å². The smallest absolute Gasteiger partial charge is 0.306 e. The Labute approximate surface area is 375 Å². The molecule has 0 aliphatic heterocycles. The summed E-state index contributed by atoms with van der Waals surface area (Å²) in [6.07, 6.45) is 62.9. The van der Waals surface area contributed by atoms with Gasteiger partial charge >= 0.3 is 17.9 Å². The van der Waals surface area contributed by atoms with Crippen LogP contribution in [0.3, 0.4) is 0 Å². The molecule has 0 saturated carbocycles. The first-order valence-corrected chi connectivity index (χ1v) is 25.2. The Bertz CT molecular complexity index is 1200. The fourth-order valence-electron chi connectivity index (χ4n) is 6.76. The maximum atomic E-state index is 12.7. The van der Waals surface area contributed by atoms with Crippen LogP contribution in [0.5, 0.6) is 0 Å². The molecule has 6 nitrogen and oxygen atoms in total. The van der Waals surface area contributed by atoms with Gasteiger partial charge in [-0.3, -0.25) is 14.4 Å². The van der Waals surface area contributed by atoms with Gasteiger partial charge in [-0.1, -0.05) is 234 Å². The largest absolute Gasteiger partial charge is 0.462 e. The lowest BCUT2D eigenvalue weighted by molar-refractivity contribution is -0.167. The van der Waals surface area contributed by atoms with Crippen molar-refractivity contribution in [2.24, 2.45) is 0 Å². The number of allylic oxidation sites excluding steroid dienone is 14. The molecule has 0 aromatic carbocycles. The predicted octanol–water partition coefficient (Wildman–Crippen LogP) is 16.4. The van der Waals surface area contributed by atoms with Gasteiger partial charge < -0.3 is 14.2 Å². The summed E-state index contributed by atoms with van der Waals surface area (Å²) in [6, 6.07) is 0. The molecule has 0 heterocycles. The summed E-state index contributed by atoms with van der Waals surface area (Å²) in [7, 11) is 0. The first kappa shape index (κ1) is 57.6. The number of carbonyl (C=O) groups excluding carboxylic acids is 3. The molecule has 0 aromatic heterocycles. The predicted molar refractivity (Wildman–Crippen MR) is 261 cm³/mol. The highest BCUT2D eigenvalue weighted by molar-refractivity contribution is 5.71. The van der Waals surface area contributed by atoms with Crippen LogP contribution in [0.4, 0.5) is 0 Å². The Morgan fingerprint density at radius 1 is 0.344 bits per heavy atom. The molecule has 0 aliphatic carbocycles. The zero-order valence-corrected chi connectivity index (χ0v) is 39.7. The normalized spacial score (nSPS) is 12.8. The zero-order valence-electron chi connectivity index (χ0n) is 39.7. The molecule has 1 unspecified atom stereocenters. The molecule has 0 aromatic rings. The van der Waals surface area contributed by atoms with E-state index in [4.69, 9.17) is 14.2 Å². The second-order valence-electron chi connectivity index (χ2n) is 16.5. The summed E-state index contributed by atoms with van der Waals surface area (Å²) in [5.41, 5.74) is 0. The van der Waals surface area contributed by atoms with Crippen molar-refractivity contribution in [2.75, 3.05) is 13.2 Å². The Hall–Kier alpha value is -3.41. The average Bonchev–Trinajstić information content (AvgIpc) is 3.26. The van der Waals surface area contributed by atoms with Gasteiger partial charge in [0.15, 0.2) is 6.10 Å². The van der Waals surface area contributed by atoms with Crippen LogP contribution in [0, 0.1) is 0 Å². The second kappa shape index (κ2) is 49.2. The van der Waals surface area contributed by atoms with E-state index < -0.39 is 6.10 Å². The topological polar surface area (TPSA) is 78.9 Å². The molecular formula is C55H92O6. The van der Waals surface area contributed by atoms with Crippen molar-refractivity contribution < 1.29 is 28.6 Å². The minimum atomic E-state index is -0.817. The highest BCUT2D eigenvalue weighted by Crippen LogP contribution is 2.14. The number of carbonyl (C=O) groups is 3. The second-order valence-corrected chi connectivity index (χ2v) is 16.5. The average molecular weight is 849 g/mol. The van der Waals surface area contributed by atoms with Crippen LogP contribution >= 0.6 is 0 Å². The van der Waals surface area contributed by atoms with Crippen molar-refractivity contribution in [2.45, 2.75) is 232 Å². The van der Waals surface area contributed by atoms with Crippen molar-refractivity contribution in [1.29, 1.82) is 0 Å². The molecule has 61 heavy (non-hydrogen) atoms. The number of hydrogen-bond donors (Lipinski definition) is 0. The van der Waals surface area contributed by atoms with Crippen LogP contribution in [0.25, 0.3) is 0 Å². The molecule has 0 saturated heterocycles. The van der Waals surface area contributed by atoms with Crippen molar-refractivity contribution >= 4 is 17.9 Å². The van der Waals surface area contributed by atoms with E-state index in [1.165, 1.54) is 109 Å². The molecular weight excluding hydrogens is 757 g/mol. The first-order chi connectivity index (χ1) is 30.0. The summed E-state index contributed by atoms with van der Waals surface area (Å²) in [5.74, 6) is -1.00. The third-order valence-corrected chi connectivity index (χ3v) is 10.5. The maximum absolute atomic E-state index is 12.7. The van der Waals surface area contributed by atoms with E-state index in [0.717, 1.165) is 70.6 Å². The lowest BCUT2D eigenvalue weighted by atomic mass is 10.0. The van der Waals surface area contributed by atoms with E-state index in [1.807, 2.05) is 54.7 Å². The van der Waals surface area contributed by atoms with E-state index in [1.54, 1.807) is 0 Å². The summed E-state index contributed by atoms with van der Waals surface area (Å²) >= 11 is 0. The Balaban J connectivity index is 4.48. The van der Waals surface area contributed by atoms with Crippen LogP contribution in [-0.2, 0) is 28.6 Å². The number of unbranched alkanes of at least 4 members (excludes halogenated alkanes) is 24. The Morgan fingerprint density at radius 3 is 1.07 bits per heavy atom. The van der Waals surface area contributed by atoms with Crippen LogP contribution in [0.2, 0.25) is 0 Å². The summed E-state index contributed by atoms with van der Waals surface area (Å²) in [4.78, 5) is 37.9. The number of esters is 3. The van der Waals surface area contributed by atoms with Gasteiger partial charge in [-0.15, -0.1) is 0 Å². The standard InChI is InChI=1S/C55H92O6/c1-4-7-10-13-16-19-22-25-26-27-28-29-31-33-36-39-42-45-48-54(57)60-51-52(50-59-53(56)47-44-41-38-35-32-24-21-18-15-12-9-6-3)61-55(58)49-46-43-40-37-34-30-23-20-17-14-11-8-5-2/h8,11,14,17,20,23,26-30,34,37,40,52H,4-7,9-10,12-13,15-16,18-19,21-22,24-25,31-33,35-36,38-39,41-51H2,1-3H3/b11-8-,17-14-,23-20-,27-26-,29-28-,34-30-,40-37-. The molecule has 0 spiro atoms. The summed E-state index contributed by atoms with van der Waals surface area (Å²) in [5, 5.41) is 0. The van der Waals surface area contributed by atoms with Gasteiger partial charge in [0.2, 0.25) is 0 Å². The summed E-state index contributed by atoms with van der Waals surface area (Å²) < 4.78 is 16.7. The molecule has 0 radical (unpaired) electrons. The van der Waals surface area contributed by atoms with Crippen LogP contribution in [0.15, 0.2) is 85.1 Å². The number of rotatable bonds is 44. The lowest BCUT2D eigenvalue weighted by Crippen LogP contribution is -2.30. The Morgan fingerprint density at radius 2 is 0.656 bits per heavy atom. The molecule has 0 amide bonds. The highest BCUT2D eigenvalue weighted by atomic mass is 16.6. The minimum Gasteiger partial charge on any atom is -0.462 e. The van der Waals surface area contributed by atoms with Gasteiger partial charge in [0, 0.05) is 19.3 Å². The maximum Gasteiger partial charge on any atom is 0.306 e. The van der Waals surface area contributed by atoms with Crippen molar-refractivity contribution in [1.82, 2.24) is 0 Å². The third kappa shape index (κ3) is 47.5. The summed E-state index contributed by atoms with van der Waals surface area (Å²) in [6.45, 7) is 6.40. The molecule has 0 aliphatic rings. The third-order valence-electron chi connectivity index (χ3n) is 10.5. The van der Waals surface area contributed by atoms with Crippen molar-refractivity contribution in [3.8, 4) is 0 Å². The quantitative estimate of drug-likeness (QED) is 0.0263. The van der Waals surface area contributed by atoms with E-state index in [-0.39, 0.29) is 37.5 Å². The molecule has 0 fully saturated rings. The molecule has 6 heteroatoms. The SMILES string of the molecule is CC\C=C/C=C\C=C/C=C\C=C/CCCC(=O)OC(COC(=O)CCCCCCC/C=C\C=C/CCCCCCCCC)COC(=O)CCCCCCCCCCCCCC. The molecule has 0 N–H and O–H groups in total. The van der Waals surface area contributed by atoms with Gasteiger partial charge in [-0.05, 0) is 57.8 Å². The lowest BCUT2D eigenvalue weighted by Gasteiger charge is -2.18. The zero-order chi connectivity index (χ0) is 44.4. The molecule has 0 bridgehead atoms. The number of ether oxygens (including phenoxy) is 3. The molecule has 0 rings (SSSR count). The number of hydrogen-bond acceptors (Lipinski definition) is 6. The fourth-order valence-corrected chi connectivity index (χ4v) is 6.76. The highest BCUT2D eigenvalue weighted by Gasteiger charge is 2.19. The van der Waals surface area contributed by atoms with Crippen molar-refractivity contribution in [3.05, 3.63) is 85.1 Å². The van der Waals surface area contributed by atoms with Crippen molar-refractivity contribution in [3.63, 3.8) is 0 Å². The van der Waals surface area contributed by atoms with Crippen LogP contribution < -0.4 is 0 Å². The van der Waals surface area contributed by atoms with E-state index in [0.29, 0.717) is 19.3 Å². The van der Waals surface area contributed by atoms with Gasteiger partial charge in [0.25, 0.3) is 0 Å². The monoisotopic (exact) mass is 849 g/mol. The molecule has 1 atom stereocenters. The Kier molecular flexibility index (Phi) is 46.5. The van der Waals surface area contributed by atoms with Gasteiger partial charge in [-0.25, -0.2) is 0 Å². The van der Waals surface area contributed by atoms with E-state index >= 15 is 0 Å². The van der Waals surface area contributed by atoms with Gasteiger partial charge in [0.1, 0.15) is 13.2 Å². The van der Waals surface area contributed by atoms with Gasteiger partial charge in [-0.2, -0.15) is 0 Å².